The Balaban J connectivity index is 2.90. The van der Waals surface area contributed by atoms with Gasteiger partial charge in [0.25, 0.3) is 0 Å². The summed E-state index contributed by atoms with van der Waals surface area (Å²) in [7, 11) is 0. The number of rotatable bonds is 3. The van der Waals surface area contributed by atoms with E-state index in [0.717, 1.165) is 0 Å². The minimum atomic E-state index is -1.01. The Morgan fingerprint density at radius 3 is 2.64 bits per heavy atom. The standard InChI is InChI=1S/C9H12N2O3/c10-5-1-2-6(8(12)3-5)7(11)4-9(13)14/h1-3,7,12H,4,10-11H2,(H,13,14)/t7-/m1/s1. The van der Waals surface area contributed by atoms with Crippen molar-refractivity contribution in [2.24, 2.45) is 5.73 Å². The molecule has 0 aliphatic carbocycles. The van der Waals surface area contributed by atoms with Gasteiger partial charge in [-0.25, -0.2) is 0 Å². The number of hydrogen-bond donors (Lipinski definition) is 4. The van der Waals surface area contributed by atoms with Crippen molar-refractivity contribution in [3.8, 4) is 5.75 Å². The van der Waals surface area contributed by atoms with Gasteiger partial charge in [0.15, 0.2) is 0 Å². The highest BCUT2D eigenvalue weighted by Gasteiger charge is 2.14. The molecular weight excluding hydrogens is 184 g/mol. The fourth-order valence-electron chi connectivity index (χ4n) is 1.17. The fraction of sp³-hybridized carbons (Fsp3) is 0.222. The molecule has 0 radical (unpaired) electrons. The van der Waals surface area contributed by atoms with Gasteiger partial charge in [0.1, 0.15) is 5.75 Å². The summed E-state index contributed by atoms with van der Waals surface area (Å²) in [5, 5.41) is 17.9. The van der Waals surface area contributed by atoms with E-state index in [0.29, 0.717) is 11.3 Å². The SMILES string of the molecule is Nc1ccc([C@H](N)CC(=O)O)c(O)c1. The van der Waals surface area contributed by atoms with Gasteiger partial charge in [-0.2, -0.15) is 0 Å². The Morgan fingerprint density at radius 1 is 1.50 bits per heavy atom. The Hall–Kier alpha value is -1.75. The Kier molecular flexibility index (Phi) is 2.93. The molecule has 0 aliphatic rings. The second-order valence-corrected chi connectivity index (χ2v) is 3.02. The first-order chi connectivity index (χ1) is 6.50. The second kappa shape index (κ2) is 3.97. The highest BCUT2D eigenvalue weighted by atomic mass is 16.4. The van der Waals surface area contributed by atoms with E-state index in [-0.39, 0.29) is 12.2 Å². The van der Waals surface area contributed by atoms with Crippen molar-refractivity contribution in [2.75, 3.05) is 5.73 Å². The average Bonchev–Trinajstić information content (AvgIpc) is 2.01. The number of benzene rings is 1. The van der Waals surface area contributed by atoms with Gasteiger partial charge in [-0.05, 0) is 6.07 Å². The summed E-state index contributed by atoms with van der Waals surface area (Å²) in [6, 6.07) is 3.72. The van der Waals surface area contributed by atoms with Crippen molar-refractivity contribution in [3.05, 3.63) is 23.8 Å². The molecule has 0 aromatic heterocycles. The maximum atomic E-state index is 10.4. The summed E-state index contributed by atoms with van der Waals surface area (Å²) in [6.45, 7) is 0. The topological polar surface area (TPSA) is 110 Å². The highest BCUT2D eigenvalue weighted by molar-refractivity contribution is 5.68. The zero-order chi connectivity index (χ0) is 10.7. The van der Waals surface area contributed by atoms with E-state index in [1.54, 1.807) is 6.07 Å². The van der Waals surface area contributed by atoms with Crippen molar-refractivity contribution < 1.29 is 15.0 Å². The summed E-state index contributed by atoms with van der Waals surface area (Å²) in [5.74, 6) is -1.08. The van der Waals surface area contributed by atoms with Crippen LogP contribution >= 0.6 is 0 Å². The summed E-state index contributed by atoms with van der Waals surface area (Å²) < 4.78 is 0. The Labute approximate surface area is 81.0 Å². The predicted octanol–water partition coefficient (Wildman–Crippen LogP) is 0.449. The Morgan fingerprint density at radius 2 is 2.14 bits per heavy atom. The van der Waals surface area contributed by atoms with Crippen LogP contribution in [0.15, 0.2) is 18.2 Å². The fourth-order valence-corrected chi connectivity index (χ4v) is 1.17. The average molecular weight is 196 g/mol. The highest BCUT2D eigenvalue weighted by Crippen LogP contribution is 2.26. The molecule has 1 rings (SSSR count). The van der Waals surface area contributed by atoms with Crippen LogP contribution in [0.2, 0.25) is 0 Å². The maximum Gasteiger partial charge on any atom is 0.305 e. The molecule has 5 nitrogen and oxygen atoms in total. The maximum absolute atomic E-state index is 10.4. The number of aliphatic carboxylic acids is 1. The van der Waals surface area contributed by atoms with Crippen molar-refractivity contribution in [1.82, 2.24) is 0 Å². The first-order valence-electron chi connectivity index (χ1n) is 4.06. The van der Waals surface area contributed by atoms with E-state index in [9.17, 15) is 9.90 Å². The first-order valence-corrected chi connectivity index (χ1v) is 4.06. The van der Waals surface area contributed by atoms with E-state index in [4.69, 9.17) is 16.6 Å². The van der Waals surface area contributed by atoms with E-state index >= 15 is 0 Å². The molecule has 0 bridgehead atoms. The Bertz CT molecular complexity index is 352. The van der Waals surface area contributed by atoms with Crippen LogP contribution < -0.4 is 11.5 Å². The molecule has 0 fully saturated rings. The molecular formula is C9H12N2O3. The molecule has 5 heteroatoms. The van der Waals surface area contributed by atoms with Gasteiger partial charge in [0, 0.05) is 23.4 Å². The van der Waals surface area contributed by atoms with Gasteiger partial charge in [0.2, 0.25) is 0 Å². The molecule has 0 spiro atoms. The number of nitrogens with two attached hydrogens (primary N) is 2. The van der Waals surface area contributed by atoms with Gasteiger partial charge >= 0.3 is 5.97 Å². The van der Waals surface area contributed by atoms with Crippen LogP contribution in [0.5, 0.6) is 5.75 Å². The normalized spacial score (nSPS) is 12.4. The van der Waals surface area contributed by atoms with Crippen molar-refractivity contribution in [3.63, 3.8) is 0 Å². The number of nitrogen functional groups attached to an aromatic ring is 1. The molecule has 0 aliphatic heterocycles. The number of hydrogen-bond acceptors (Lipinski definition) is 4. The van der Waals surface area contributed by atoms with Gasteiger partial charge in [-0.1, -0.05) is 6.07 Å². The number of carboxylic acids is 1. The van der Waals surface area contributed by atoms with Crippen molar-refractivity contribution in [1.29, 1.82) is 0 Å². The molecule has 1 aromatic rings. The molecule has 0 saturated carbocycles. The molecule has 76 valence electrons. The quantitative estimate of drug-likeness (QED) is 0.524. The van der Waals surface area contributed by atoms with E-state index in [1.807, 2.05) is 0 Å². The van der Waals surface area contributed by atoms with Gasteiger partial charge in [-0.3, -0.25) is 4.79 Å². The molecule has 0 heterocycles. The number of phenolic OH excluding ortho intramolecular Hbond substituents is 1. The minimum Gasteiger partial charge on any atom is -0.508 e. The van der Waals surface area contributed by atoms with Crippen LogP contribution in [0, 0.1) is 0 Å². The lowest BCUT2D eigenvalue weighted by Gasteiger charge is -2.11. The molecule has 6 N–H and O–H groups in total. The lowest BCUT2D eigenvalue weighted by Crippen LogP contribution is -2.15. The van der Waals surface area contributed by atoms with E-state index in [2.05, 4.69) is 0 Å². The van der Waals surface area contributed by atoms with Crippen LogP contribution in [-0.2, 0) is 4.79 Å². The monoisotopic (exact) mass is 196 g/mol. The summed E-state index contributed by atoms with van der Waals surface area (Å²) in [6.07, 6.45) is -0.225. The molecule has 0 saturated heterocycles. The molecule has 0 amide bonds. The van der Waals surface area contributed by atoms with Crippen LogP contribution in [0.25, 0.3) is 0 Å². The van der Waals surface area contributed by atoms with Gasteiger partial charge in [-0.15, -0.1) is 0 Å². The summed E-state index contributed by atoms with van der Waals surface area (Å²) in [5.41, 5.74) is 11.8. The zero-order valence-corrected chi connectivity index (χ0v) is 7.47. The number of aromatic hydroxyl groups is 1. The lowest BCUT2D eigenvalue weighted by atomic mass is 10.0. The van der Waals surface area contributed by atoms with Crippen LogP contribution in [0.4, 0.5) is 5.69 Å². The zero-order valence-electron chi connectivity index (χ0n) is 7.47. The van der Waals surface area contributed by atoms with Crippen LogP contribution in [-0.4, -0.2) is 16.2 Å². The molecule has 0 unspecified atom stereocenters. The molecule has 1 atom stereocenters. The van der Waals surface area contributed by atoms with Crippen LogP contribution in [0.3, 0.4) is 0 Å². The van der Waals surface area contributed by atoms with E-state index < -0.39 is 12.0 Å². The second-order valence-electron chi connectivity index (χ2n) is 3.02. The lowest BCUT2D eigenvalue weighted by molar-refractivity contribution is -0.137. The number of phenols is 1. The van der Waals surface area contributed by atoms with Crippen LogP contribution in [0.1, 0.15) is 18.0 Å². The third kappa shape index (κ3) is 2.37. The largest absolute Gasteiger partial charge is 0.508 e. The number of carboxylic acid groups (broad SMARTS) is 1. The van der Waals surface area contributed by atoms with Gasteiger partial charge < -0.3 is 21.7 Å². The third-order valence-electron chi connectivity index (χ3n) is 1.85. The number of anilines is 1. The smallest absolute Gasteiger partial charge is 0.305 e. The van der Waals surface area contributed by atoms with Crippen molar-refractivity contribution in [2.45, 2.75) is 12.5 Å². The minimum absolute atomic E-state index is 0.0706. The predicted molar refractivity (Wildman–Crippen MR) is 51.7 cm³/mol. The van der Waals surface area contributed by atoms with Crippen molar-refractivity contribution >= 4 is 11.7 Å². The molecule has 1 aromatic carbocycles. The first kappa shape index (κ1) is 10.3. The summed E-state index contributed by atoms with van der Waals surface area (Å²) >= 11 is 0. The molecule has 14 heavy (non-hydrogen) atoms. The third-order valence-corrected chi connectivity index (χ3v) is 1.85. The van der Waals surface area contributed by atoms with Gasteiger partial charge in [0.05, 0.1) is 6.42 Å². The number of carbonyl (C=O) groups is 1. The summed E-state index contributed by atoms with van der Waals surface area (Å²) in [4.78, 5) is 10.4. The van der Waals surface area contributed by atoms with E-state index in [1.165, 1.54) is 12.1 Å².